The number of aromatic nitrogens is 3. The highest BCUT2D eigenvalue weighted by Crippen LogP contribution is 2.38. The van der Waals surface area contributed by atoms with Gasteiger partial charge in [-0.15, -0.1) is 0 Å². The van der Waals surface area contributed by atoms with Crippen LogP contribution in [0, 0.1) is 0 Å². The molecule has 0 aromatic carbocycles. The fourth-order valence-corrected chi connectivity index (χ4v) is 2.34. The van der Waals surface area contributed by atoms with Gasteiger partial charge >= 0.3 is 0 Å². The molecule has 0 aliphatic heterocycles. The van der Waals surface area contributed by atoms with E-state index in [-0.39, 0.29) is 0 Å². The summed E-state index contributed by atoms with van der Waals surface area (Å²) < 4.78 is 1.84. The maximum atomic E-state index is 6.20. The van der Waals surface area contributed by atoms with Crippen molar-refractivity contribution >= 4 is 11.6 Å². The van der Waals surface area contributed by atoms with Gasteiger partial charge < -0.3 is 5.32 Å². The van der Waals surface area contributed by atoms with E-state index >= 15 is 0 Å². The predicted molar refractivity (Wildman–Crippen MR) is 80.3 cm³/mol. The van der Waals surface area contributed by atoms with Crippen LogP contribution in [-0.2, 0) is 6.54 Å². The summed E-state index contributed by atoms with van der Waals surface area (Å²) >= 11 is 6.20. The van der Waals surface area contributed by atoms with E-state index in [1.54, 1.807) is 0 Å². The summed E-state index contributed by atoms with van der Waals surface area (Å²) in [6.07, 6.45) is 5.60. The van der Waals surface area contributed by atoms with Crippen molar-refractivity contribution in [2.24, 2.45) is 0 Å². The lowest BCUT2D eigenvalue weighted by molar-refractivity contribution is 0.661. The second kappa shape index (κ2) is 5.94. The van der Waals surface area contributed by atoms with Gasteiger partial charge in [-0.25, -0.2) is 9.67 Å². The molecule has 0 spiro atoms. The molecule has 3 rings (SSSR count). The first kappa shape index (κ1) is 13.6. The normalized spacial score (nSPS) is 14.7. The second-order valence-corrected chi connectivity index (χ2v) is 5.64. The van der Waals surface area contributed by atoms with E-state index in [0.29, 0.717) is 17.5 Å². The standard InChI is InChI=1S/C15H19ClN4/c1-2-8-17-10-14-12(16)5-6-15(18-14)20-9-7-13(19-20)11-3-4-11/h5-7,9,11,17H,2-4,8,10H2,1H3. The van der Waals surface area contributed by atoms with Crippen LogP contribution >= 0.6 is 11.6 Å². The molecule has 2 heterocycles. The molecule has 4 nitrogen and oxygen atoms in total. The quantitative estimate of drug-likeness (QED) is 0.830. The molecule has 0 atom stereocenters. The summed E-state index contributed by atoms with van der Waals surface area (Å²) in [6, 6.07) is 5.89. The molecular formula is C15H19ClN4. The van der Waals surface area contributed by atoms with E-state index in [1.807, 2.05) is 23.0 Å². The van der Waals surface area contributed by atoms with Crippen molar-refractivity contribution in [1.82, 2.24) is 20.1 Å². The number of nitrogens with one attached hydrogen (secondary N) is 1. The highest BCUT2D eigenvalue weighted by atomic mass is 35.5. The SMILES string of the molecule is CCCNCc1nc(-n2ccc(C3CC3)n2)ccc1Cl. The van der Waals surface area contributed by atoms with Crippen molar-refractivity contribution in [3.05, 3.63) is 40.8 Å². The minimum atomic E-state index is 0.661. The Morgan fingerprint density at radius 3 is 2.95 bits per heavy atom. The van der Waals surface area contributed by atoms with Crippen LogP contribution in [0.1, 0.15) is 43.5 Å². The summed E-state index contributed by atoms with van der Waals surface area (Å²) in [7, 11) is 0. The average molecular weight is 291 g/mol. The Bertz CT molecular complexity index is 589. The fourth-order valence-electron chi connectivity index (χ4n) is 2.17. The van der Waals surface area contributed by atoms with Gasteiger partial charge in [-0.05, 0) is 44.0 Å². The van der Waals surface area contributed by atoms with Crippen LogP contribution in [0.2, 0.25) is 5.02 Å². The Hall–Kier alpha value is -1.39. The molecular weight excluding hydrogens is 272 g/mol. The molecule has 1 N–H and O–H groups in total. The Labute approximate surface area is 124 Å². The van der Waals surface area contributed by atoms with Crippen LogP contribution in [0.25, 0.3) is 5.82 Å². The molecule has 1 aliphatic rings. The largest absolute Gasteiger partial charge is 0.311 e. The summed E-state index contributed by atoms with van der Waals surface area (Å²) in [5, 5.41) is 8.63. The lowest BCUT2D eigenvalue weighted by atomic mass is 10.3. The first-order valence-electron chi connectivity index (χ1n) is 7.20. The van der Waals surface area contributed by atoms with Crippen molar-refractivity contribution in [3.63, 3.8) is 0 Å². The van der Waals surface area contributed by atoms with Crippen LogP contribution in [-0.4, -0.2) is 21.3 Å². The molecule has 1 fully saturated rings. The predicted octanol–water partition coefficient (Wildman–Crippen LogP) is 3.30. The Balaban J connectivity index is 1.79. The zero-order valence-electron chi connectivity index (χ0n) is 11.6. The van der Waals surface area contributed by atoms with Gasteiger partial charge in [0, 0.05) is 18.7 Å². The van der Waals surface area contributed by atoms with Crippen LogP contribution in [0.5, 0.6) is 0 Å². The first-order valence-corrected chi connectivity index (χ1v) is 7.58. The van der Waals surface area contributed by atoms with E-state index in [1.165, 1.54) is 18.5 Å². The number of hydrogen-bond acceptors (Lipinski definition) is 3. The van der Waals surface area contributed by atoms with Crippen molar-refractivity contribution in [3.8, 4) is 5.82 Å². The van der Waals surface area contributed by atoms with Gasteiger partial charge in [0.05, 0.1) is 16.4 Å². The van der Waals surface area contributed by atoms with Gasteiger partial charge in [-0.3, -0.25) is 0 Å². The van der Waals surface area contributed by atoms with Gasteiger partial charge in [-0.1, -0.05) is 18.5 Å². The minimum absolute atomic E-state index is 0.661. The van der Waals surface area contributed by atoms with Crippen LogP contribution < -0.4 is 5.32 Å². The smallest absolute Gasteiger partial charge is 0.153 e. The maximum absolute atomic E-state index is 6.20. The van der Waals surface area contributed by atoms with E-state index in [4.69, 9.17) is 11.6 Å². The van der Waals surface area contributed by atoms with E-state index in [9.17, 15) is 0 Å². The highest BCUT2D eigenvalue weighted by Gasteiger charge is 2.26. The lowest BCUT2D eigenvalue weighted by Crippen LogP contribution is -2.16. The molecule has 0 bridgehead atoms. The molecule has 20 heavy (non-hydrogen) atoms. The van der Waals surface area contributed by atoms with Crippen LogP contribution in [0.4, 0.5) is 0 Å². The molecule has 2 aromatic heterocycles. The van der Waals surface area contributed by atoms with Crippen LogP contribution in [0.15, 0.2) is 24.4 Å². The summed E-state index contributed by atoms with van der Waals surface area (Å²) in [4.78, 5) is 4.61. The molecule has 0 saturated heterocycles. The van der Waals surface area contributed by atoms with Crippen molar-refractivity contribution in [2.45, 2.75) is 38.6 Å². The molecule has 0 amide bonds. The number of nitrogens with zero attached hydrogens (tertiary/aromatic N) is 3. The number of halogens is 1. The summed E-state index contributed by atoms with van der Waals surface area (Å²) in [6.45, 7) is 3.80. The maximum Gasteiger partial charge on any atom is 0.153 e. The average Bonchev–Trinajstić information content (AvgIpc) is 3.19. The molecule has 1 aliphatic carbocycles. The van der Waals surface area contributed by atoms with Gasteiger partial charge in [0.25, 0.3) is 0 Å². The van der Waals surface area contributed by atoms with Gasteiger partial charge in [0.2, 0.25) is 0 Å². The van der Waals surface area contributed by atoms with Crippen molar-refractivity contribution in [1.29, 1.82) is 0 Å². The third-order valence-electron chi connectivity index (χ3n) is 3.46. The number of hydrogen-bond donors (Lipinski definition) is 1. The summed E-state index contributed by atoms with van der Waals surface area (Å²) in [5.41, 5.74) is 2.05. The third kappa shape index (κ3) is 3.02. The monoisotopic (exact) mass is 290 g/mol. The molecule has 5 heteroatoms. The van der Waals surface area contributed by atoms with Gasteiger partial charge in [-0.2, -0.15) is 5.10 Å². The topological polar surface area (TPSA) is 42.7 Å². The zero-order chi connectivity index (χ0) is 13.9. The molecule has 0 radical (unpaired) electrons. The highest BCUT2D eigenvalue weighted by molar-refractivity contribution is 6.31. The Morgan fingerprint density at radius 1 is 1.35 bits per heavy atom. The molecule has 2 aromatic rings. The number of rotatable bonds is 6. The zero-order valence-corrected chi connectivity index (χ0v) is 12.4. The second-order valence-electron chi connectivity index (χ2n) is 5.23. The van der Waals surface area contributed by atoms with E-state index in [0.717, 1.165) is 24.5 Å². The minimum Gasteiger partial charge on any atom is -0.311 e. The molecule has 0 unspecified atom stereocenters. The first-order chi connectivity index (χ1) is 9.78. The molecule has 106 valence electrons. The van der Waals surface area contributed by atoms with Gasteiger partial charge in [0.15, 0.2) is 5.82 Å². The van der Waals surface area contributed by atoms with Crippen molar-refractivity contribution in [2.75, 3.05) is 6.54 Å². The van der Waals surface area contributed by atoms with Crippen LogP contribution in [0.3, 0.4) is 0 Å². The van der Waals surface area contributed by atoms with E-state index < -0.39 is 0 Å². The Kier molecular flexibility index (Phi) is 4.03. The van der Waals surface area contributed by atoms with Gasteiger partial charge in [0.1, 0.15) is 0 Å². The third-order valence-corrected chi connectivity index (χ3v) is 3.81. The lowest BCUT2D eigenvalue weighted by Gasteiger charge is -2.07. The number of pyridine rings is 1. The Morgan fingerprint density at radius 2 is 2.20 bits per heavy atom. The fraction of sp³-hybridized carbons (Fsp3) is 0.467. The molecule has 1 saturated carbocycles. The van der Waals surface area contributed by atoms with Crippen molar-refractivity contribution < 1.29 is 0 Å². The van der Waals surface area contributed by atoms with E-state index in [2.05, 4.69) is 28.4 Å². The summed E-state index contributed by atoms with van der Waals surface area (Å²) in [5.74, 6) is 1.49.